The number of carboxylic acid groups (broad SMARTS) is 1. The number of benzene rings is 1. The highest BCUT2D eigenvalue weighted by atomic mass is 35.5. The van der Waals surface area contributed by atoms with Gasteiger partial charge in [0.25, 0.3) is 0 Å². The largest absolute Gasteiger partial charge is 0.481 e. The van der Waals surface area contributed by atoms with E-state index in [1.165, 1.54) is 0 Å². The maximum absolute atomic E-state index is 11.1. The van der Waals surface area contributed by atoms with Gasteiger partial charge in [0, 0.05) is 23.3 Å². The predicted molar refractivity (Wildman–Crippen MR) is 62.0 cm³/mol. The van der Waals surface area contributed by atoms with Crippen LogP contribution in [0.3, 0.4) is 0 Å². The number of fused-ring (bicyclic) bond motifs is 3. The minimum absolute atomic E-state index is 0.104. The van der Waals surface area contributed by atoms with E-state index in [2.05, 4.69) is 4.90 Å². The van der Waals surface area contributed by atoms with E-state index in [4.69, 9.17) is 16.7 Å². The molecule has 4 heteroatoms. The van der Waals surface area contributed by atoms with Gasteiger partial charge in [0.15, 0.2) is 0 Å². The van der Waals surface area contributed by atoms with Crippen molar-refractivity contribution in [2.75, 3.05) is 11.4 Å². The van der Waals surface area contributed by atoms with Crippen LogP contribution in [0.4, 0.5) is 5.69 Å². The van der Waals surface area contributed by atoms with Crippen molar-refractivity contribution < 1.29 is 9.90 Å². The molecule has 1 fully saturated rings. The summed E-state index contributed by atoms with van der Waals surface area (Å²) in [6.45, 7) is 0.828. The van der Waals surface area contributed by atoms with Crippen molar-refractivity contribution in [2.45, 2.75) is 18.9 Å². The molecule has 1 aromatic carbocycles. The number of hydrogen-bond acceptors (Lipinski definition) is 2. The van der Waals surface area contributed by atoms with Crippen molar-refractivity contribution in [3.8, 4) is 0 Å². The van der Waals surface area contributed by atoms with Crippen LogP contribution in [0.1, 0.15) is 12.0 Å². The van der Waals surface area contributed by atoms with Crippen LogP contribution in [0.5, 0.6) is 0 Å². The van der Waals surface area contributed by atoms with E-state index in [1.54, 1.807) is 0 Å². The Kier molecular flexibility index (Phi) is 2.11. The number of hydrogen-bond donors (Lipinski definition) is 1. The van der Waals surface area contributed by atoms with Crippen LogP contribution in [0, 0.1) is 5.92 Å². The van der Waals surface area contributed by atoms with Gasteiger partial charge in [0.1, 0.15) is 0 Å². The highest BCUT2D eigenvalue weighted by Crippen LogP contribution is 2.43. The minimum atomic E-state index is -0.684. The van der Waals surface area contributed by atoms with Gasteiger partial charge in [-0.05, 0) is 30.5 Å². The molecular weight excluding hydrogens is 226 g/mol. The summed E-state index contributed by atoms with van der Waals surface area (Å²) in [5, 5.41) is 9.91. The van der Waals surface area contributed by atoms with Crippen molar-refractivity contribution in [3.05, 3.63) is 28.8 Å². The van der Waals surface area contributed by atoms with E-state index in [0.29, 0.717) is 0 Å². The third kappa shape index (κ3) is 1.24. The molecular formula is C12H12ClNO2. The summed E-state index contributed by atoms with van der Waals surface area (Å²) in [5.41, 5.74) is 2.24. The summed E-state index contributed by atoms with van der Waals surface area (Å²) >= 11 is 6.13. The van der Waals surface area contributed by atoms with Gasteiger partial charge in [-0.25, -0.2) is 0 Å². The lowest BCUT2D eigenvalue weighted by atomic mass is 9.97. The molecule has 0 aromatic heterocycles. The summed E-state index contributed by atoms with van der Waals surface area (Å²) in [6, 6.07) is 5.94. The molecule has 0 radical (unpaired) electrons. The second kappa shape index (κ2) is 3.39. The Morgan fingerprint density at radius 2 is 2.31 bits per heavy atom. The SMILES string of the molecule is O=C(O)C1CCN2c3cccc(Cl)c3CC12. The number of carboxylic acids is 1. The van der Waals surface area contributed by atoms with Crippen LogP contribution in [0.25, 0.3) is 0 Å². The van der Waals surface area contributed by atoms with Gasteiger partial charge in [-0.3, -0.25) is 4.79 Å². The maximum Gasteiger partial charge on any atom is 0.308 e. The van der Waals surface area contributed by atoms with E-state index in [9.17, 15) is 4.79 Å². The molecule has 3 nitrogen and oxygen atoms in total. The Morgan fingerprint density at radius 1 is 1.50 bits per heavy atom. The molecule has 2 unspecified atom stereocenters. The van der Waals surface area contributed by atoms with Gasteiger partial charge < -0.3 is 10.0 Å². The molecule has 0 bridgehead atoms. The molecule has 2 heterocycles. The third-order valence-electron chi connectivity index (χ3n) is 3.68. The molecule has 2 aliphatic heterocycles. The number of carbonyl (C=O) groups is 1. The molecule has 2 atom stereocenters. The van der Waals surface area contributed by atoms with Crippen LogP contribution in [-0.4, -0.2) is 23.7 Å². The molecule has 16 heavy (non-hydrogen) atoms. The summed E-state index contributed by atoms with van der Waals surface area (Å²) in [5.74, 6) is -0.931. The molecule has 1 N–H and O–H groups in total. The molecule has 84 valence electrons. The predicted octanol–water partition coefficient (Wildman–Crippen LogP) is 2.18. The van der Waals surface area contributed by atoms with Crippen LogP contribution in [0.15, 0.2) is 18.2 Å². The van der Waals surface area contributed by atoms with Gasteiger partial charge >= 0.3 is 5.97 Å². The zero-order valence-electron chi connectivity index (χ0n) is 8.69. The van der Waals surface area contributed by atoms with Crippen molar-refractivity contribution in [1.29, 1.82) is 0 Å². The average molecular weight is 238 g/mol. The number of nitrogens with zero attached hydrogens (tertiary/aromatic N) is 1. The Bertz CT molecular complexity index is 460. The first-order chi connectivity index (χ1) is 7.68. The van der Waals surface area contributed by atoms with Gasteiger partial charge in [-0.15, -0.1) is 0 Å². The number of halogens is 1. The Hall–Kier alpha value is -1.22. The maximum atomic E-state index is 11.1. The first kappa shape index (κ1) is 9.97. The molecule has 0 amide bonds. The molecule has 0 saturated carbocycles. The van der Waals surface area contributed by atoms with Gasteiger partial charge in [-0.1, -0.05) is 17.7 Å². The van der Waals surface area contributed by atoms with Crippen molar-refractivity contribution in [2.24, 2.45) is 5.92 Å². The molecule has 1 aromatic rings. The smallest absolute Gasteiger partial charge is 0.308 e. The quantitative estimate of drug-likeness (QED) is 0.814. The molecule has 1 saturated heterocycles. The van der Waals surface area contributed by atoms with Crippen molar-refractivity contribution in [3.63, 3.8) is 0 Å². The third-order valence-corrected chi connectivity index (χ3v) is 4.03. The molecule has 3 rings (SSSR count). The van der Waals surface area contributed by atoms with E-state index in [1.807, 2.05) is 18.2 Å². The molecule has 0 aliphatic carbocycles. The van der Waals surface area contributed by atoms with E-state index in [-0.39, 0.29) is 12.0 Å². The summed E-state index contributed by atoms with van der Waals surface area (Å²) in [6.07, 6.45) is 1.51. The monoisotopic (exact) mass is 237 g/mol. The lowest BCUT2D eigenvalue weighted by Crippen LogP contribution is -2.32. The van der Waals surface area contributed by atoms with Crippen molar-refractivity contribution >= 4 is 23.3 Å². The number of anilines is 1. The van der Waals surface area contributed by atoms with Crippen LogP contribution in [-0.2, 0) is 11.2 Å². The number of aliphatic carboxylic acids is 1. The lowest BCUT2D eigenvalue weighted by molar-refractivity contribution is -0.141. The Morgan fingerprint density at radius 3 is 3.06 bits per heavy atom. The summed E-state index contributed by atoms with van der Waals surface area (Å²) in [4.78, 5) is 13.3. The first-order valence-electron chi connectivity index (χ1n) is 5.45. The zero-order valence-corrected chi connectivity index (χ0v) is 9.44. The van der Waals surface area contributed by atoms with E-state index < -0.39 is 5.97 Å². The summed E-state index contributed by atoms with van der Waals surface area (Å²) in [7, 11) is 0. The fourth-order valence-electron chi connectivity index (χ4n) is 2.92. The van der Waals surface area contributed by atoms with E-state index in [0.717, 1.165) is 35.7 Å². The van der Waals surface area contributed by atoms with Gasteiger partial charge in [-0.2, -0.15) is 0 Å². The average Bonchev–Trinajstić information content (AvgIpc) is 2.76. The topological polar surface area (TPSA) is 40.5 Å². The van der Waals surface area contributed by atoms with Crippen molar-refractivity contribution in [1.82, 2.24) is 0 Å². The molecule has 2 aliphatic rings. The standard InChI is InChI=1S/C12H12ClNO2/c13-9-2-1-3-10-8(9)6-11-7(12(15)16)4-5-14(10)11/h1-3,7,11H,4-6H2,(H,15,16). The highest BCUT2D eigenvalue weighted by molar-refractivity contribution is 6.31. The second-order valence-electron chi connectivity index (χ2n) is 4.44. The number of rotatable bonds is 1. The van der Waals surface area contributed by atoms with Gasteiger partial charge in [0.2, 0.25) is 0 Å². The normalized spacial score (nSPS) is 26.7. The lowest BCUT2D eigenvalue weighted by Gasteiger charge is -2.20. The van der Waals surface area contributed by atoms with Crippen LogP contribution >= 0.6 is 11.6 Å². The van der Waals surface area contributed by atoms with E-state index >= 15 is 0 Å². The van der Waals surface area contributed by atoms with Gasteiger partial charge in [0.05, 0.1) is 5.92 Å². The highest BCUT2D eigenvalue weighted by Gasteiger charge is 2.43. The Balaban J connectivity index is 2.00. The first-order valence-corrected chi connectivity index (χ1v) is 5.83. The van der Waals surface area contributed by atoms with Crippen LogP contribution in [0.2, 0.25) is 5.02 Å². The molecule has 0 spiro atoms. The second-order valence-corrected chi connectivity index (χ2v) is 4.84. The Labute approximate surface area is 98.6 Å². The zero-order chi connectivity index (χ0) is 11.3. The summed E-state index contributed by atoms with van der Waals surface area (Å²) < 4.78 is 0. The fourth-order valence-corrected chi connectivity index (χ4v) is 3.17. The fraction of sp³-hybridized carbons (Fsp3) is 0.417. The minimum Gasteiger partial charge on any atom is -0.481 e. The van der Waals surface area contributed by atoms with Crippen LogP contribution < -0.4 is 4.90 Å².